The number of hydrazine groups is 1. The standard InChI is InChI=1S/C28H28N4O4S/c1-18(2)19-12-14-21(15-13-19)29-27(35)24-17-25(33)31(22-10-7-11-23(16-22)36-3)28(37)32(24)30-26(34)20-8-5-4-6-9-20/h4-16,18,24H,17H2,1-3H3,(H,29,35)(H,30,34)/t24-/m1/s1. The first-order valence-corrected chi connectivity index (χ1v) is 12.3. The van der Waals surface area contributed by atoms with Crippen molar-refractivity contribution in [3.05, 3.63) is 90.0 Å². The van der Waals surface area contributed by atoms with Crippen LogP contribution in [0.1, 0.15) is 42.1 Å². The third-order valence-electron chi connectivity index (χ3n) is 6.04. The topological polar surface area (TPSA) is 91.0 Å². The molecule has 0 radical (unpaired) electrons. The number of benzene rings is 3. The Bertz CT molecular complexity index is 1310. The number of amides is 3. The molecule has 1 heterocycles. The van der Waals surface area contributed by atoms with Gasteiger partial charge in [-0.25, -0.2) is 5.01 Å². The van der Waals surface area contributed by atoms with Crippen LogP contribution in [0, 0.1) is 0 Å². The van der Waals surface area contributed by atoms with Crippen molar-refractivity contribution in [2.75, 3.05) is 17.3 Å². The molecule has 4 rings (SSSR count). The van der Waals surface area contributed by atoms with Crippen LogP contribution in [0.5, 0.6) is 5.75 Å². The van der Waals surface area contributed by atoms with Crippen molar-refractivity contribution < 1.29 is 19.1 Å². The van der Waals surface area contributed by atoms with Gasteiger partial charge in [0, 0.05) is 17.3 Å². The molecule has 190 valence electrons. The minimum Gasteiger partial charge on any atom is -0.497 e. The maximum atomic E-state index is 13.4. The average Bonchev–Trinajstić information content (AvgIpc) is 2.91. The van der Waals surface area contributed by atoms with Gasteiger partial charge in [-0.3, -0.25) is 24.7 Å². The molecule has 0 spiro atoms. The Hall–Kier alpha value is -4.24. The number of carbonyl (C=O) groups excluding carboxylic acids is 3. The molecule has 2 N–H and O–H groups in total. The second-order valence-electron chi connectivity index (χ2n) is 8.88. The van der Waals surface area contributed by atoms with Crippen molar-refractivity contribution in [3.63, 3.8) is 0 Å². The summed E-state index contributed by atoms with van der Waals surface area (Å²) in [5, 5.41) is 4.11. The molecule has 3 aromatic rings. The van der Waals surface area contributed by atoms with Crippen LogP contribution < -0.4 is 20.4 Å². The Balaban J connectivity index is 1.63. The zero-order chi connectivity index (χ0) is 26.5. The maximum Gasteiger partial charge on any atom is 0.269 e. The second-order valence-corrected chi connectivity index (χ2v) is 9.24. The molecule has 0 aliphatic carbocycles. The van der Waals surface area contributed by atoms with Crippen molar-refractivity contribution in [2.45, 2.75) is 32.2 Å². The highest BCUT2D eigenvalue weighted by atomic mass is 32.1. The number of rotatable bonds is 7. The molecule has 0 aromatic heterocycles. The largest absolute Gasteiger partial charge is 0.497 e. The van der Waals surface area contributed by atoms with Crippen LogP contribution in [0.15, 0.2) is 78.9 Å². The van der Waals surface area contributed by atoms with Crippen LogP contribution in [0.25, 0.3) is 0 Å². The number of methoxy groups -OCH3 is 1. The van der Waals surface area contributed by atoms with E-state index in [-0.39, 0.29) is 17.4 Å². The predicted octanol–water partition coefficient (Wildman–Crippen LogP) is 4.49. The third kappa shape index (κ3) is 5.78. The third-order valence-corrected chi connectivity index (χ3v) is 6.42. The Kier molecular flexibility index (Phi) is 7.83. The average molecular weight is 517 g/mol. The van der Waals surface area contributed by atoms with E-state index >= 15 is 0 Å². The summed E-state index contributed by atoms with van der Waals surface area (Å²) in [6.45, 7) is 4.17. The summed E-state index contributed by atoms with van der Waals surface area (Å²) in [7, 11) is 1.52. The Labute approximate surface area is 221 Å². The Morgan fingerprint density at radius 3 is 2.35 bits per heavy atom. The molecular formula is C28H28N4O4S. The van der Waals surface area contributed by atoms with Gasteiger partial charge in [0.05, 0.1) is 19.2 Å². The monoisotopic (exact) mass is 516 g/mol. The van der Waals surface area contributed by atoms with Crippen molar-refractivity contribution >= 4 is 46.4 Å². The van der Waals surface area contributed by atoms with E-state index in [1.807, 2.05) is 24.3 Å². The van der Waals surface area contributed by atoms with Crippen molar-refractivity contribution in [3.8, 4) is 5.75 Å². The molecule has 3 amide bonds. The molecule has 3 aromatic carbocycles. The number of nitrogens with one attached hydrogen (secondary N) is 2. The fourth-order valence-electron chi connectivity index (χ4n) is 3.98. The lowest BCUT2D eigenvalue weighted by Gasteiger charge is -2.41. The first kappa shape index (κ1) is 25.8. The first-order chi connectivity index (χ1) is 17.8. The number of carbonyl (C=O) groups is 3. The number of ether oxygens (including phenoxy) is 1. The Morgan fingerprint density at radius 2 is 1.70 bits per heavy atom. The van der Waals surface area contributed by atoms with Gasteiger partial charge in [-0.2, -0.15) is 0 Å². The molecular weight excluding hydrogens is 488 g/mol. The highest BCUT2D eigenvalue weighted by molar-refractivity contribution is 7.80. The summed E-state index contributed by atoms with van der Waals surface area (Å²) in [5.41, 5.74) is 5.32. The number of thiocarbonyl (C=S) groups is 1. The van der Waals surface area contributed by atoms with E-state index in [0.29, 0.717) is 28.6 Å². The summed E-state index contributed by atoms with van der Waals surface area (Å²) in [6.07, 6.45) is -0.206. The van der Waals surface area contributed by atoms with E-state index in [1.165, 1.54) is 17.0 Å². The lowest BCUT2D eigenvalue weighted by molar-refractivity contribution is -0.127. The molecule has 1 aliphatic rings. The van der Waals surface area contributed by atoms with E-state index in [2.05, 4.69) is 24.6 Å². The smallest absolute Gasteiger partial charge is 0.269 e. The quantitative estimate of drug-likeness (QED) is 0.450. The van der Waals surface area contributed by atoms with Gasteiger partial charge in [0.15, 0.2) is 0 Å². The van der Waals surface area contributed by atoms with Crippen LogP contribution in [-0.2, 0) is 9.59 Å². The predicted molar refractivity (Wildman–Crippen MR) is 146 cm³/mol. The van der Waals surface area contributed by atoms with Gasteiger partial charge in [0.1, 0.15) is 11.8 Å². The van der Waals surface area contributed by atoms with E-state index in [4.69, 9.17) is 17.0 Å². The number of hydrogen-bond acceptors (Lipinski definition) is 5. The van der Waals surface area contributed by atoms with Gasteiger partial charge in [0.25, 0.3) is 5.91 Å². The fourth-order valence-corrected chi connectivity index (χ4v) is 4.36. The second kappa shape index (κ2) is 11.2. The lowest BCUT2D eigenvalue weighted by atomic mass is 10.0. The Morgan fingerprint density at radius 1 is 1.00 bits per heavy atom. The van der Waals surface area contributed by atoms with Gasteiger partial charge in [0.2, 0.25) is 16.9 Å². The van der Waals surface area contributed by atoms with Gasteiger partial charge in [-0.15, -0.1) is 0 Å². The van der Waals surface area contributed by atoms with Crippen LogP contribution in [0.4, 0.5) is 11.4 Å². The zero-order valence-corrected chi connectivity index (χ0v) is 21.6. The number of nitrogens with zero attached hydrogens (tertiary/aromatic N) is 2. The summed E-state index contributed by atoms with van der Waals surface area (Å²) >= 11 is 5.66. The van der Waals surface area contributed by atoms with E-state index < -0.39 is 17.9 Å². The van der Waals surface area contributed by atoms with Gasteiger partial charge in [-0.1, -0.05) is 50.2 Å². The molecule has 1 atom stereocenters. The van der Waals surface area contributed by atoms with Gasteiger partial charge in [-0.05, 0) is 60.1 Å². The minimum atomic E-state index is -1.06. The van der Waals surface area contributed by atoms with Crippen LogP contribution in [0.3, 0.4) is 0 Å². The molecule has 8 nitrogen and oxygen atoms in total. The summed E-state index contributed by atoms with van der Waals surface area (Å²) < 4.78 is 5.29. The van der Waals surface area contributed by atoms with Crippen LogP contribution >= 0.6 is 12.2 Å². The van der Waals surface area contributed by atoms with E-state index in [1.54, 1.807) is 54.6 Å². The maximum absolute atomic E-state index is 13.4. The number of anilines is 2. The van der Waals surface area contributed by atoms with Crippen molar-refractivity contribution in [2.24, 2.45) is 0 Å². The lowest BCUT2D eigenvalue weighted by Crippen LogP contribution is -2.65. The van der Waals surface area contributed by atoms with Crippen LogP contribution in [0.2, 0.25) is 0 Å². The molecule has 0 saturated carbocycles. The highest BCUT2D eigenvalue weighted by Gasteiger charge is 2.42. The van der Waals surface area contributed by atoms with E-state index in [9.17, 15) is 14.4 Å². The summed E-state index contributed by atoms with van der Waals surface area (Å²) in [5.74, 6) is -0.408. The highest BCUT2D eigenvalue weighted by Crippen LogP contribution is 2.28. The molecule has 1 aliphatic heterocycles. The molecule has 9 heteroatoms. The SMILES string of the molecule is COc1cccc(N2C(=O)C[C@H](C(=O)Nc3ccc(C(C)C)cc3)N(NC(=O)c3ccccc3)C2=S)c1. The van der Waals surface area contributed by atoms with Gasteiger partial charge < -0.3 is 10.1 Å². The molecule has 0 unspecified atom stereocenters. The molecule has 1 fully saturated rings. The van der Waals surface area contributed by atoms with E-state index in [0.717, 1.165) is 5.56 Å². The fraction of sp³-hybridized carbons (Fsp3) is 0.214. The molecule has 1 saturated heterocycles. The first-order valence-electron chi connectivity index (χ1n) is 11.9. The van der Waals surface area contributed by atoms with Crippen molar-refractivity contribution in [1.82, 2.24) is 10.4 Å². The van der Waals surface area contributed by atoms with Crippen molar-refractivity contribution in [1.29, 1.82) is 0 Å². The van der Waals surface area contributed by atoms with Crippen LogP contribution in [-0.4, -0.2) is 41.0 Å². The molecule has 0 bridgehead atoms. The van der Waals surface area contributed by atoms with Gasteiger partial charge >= 0.3 is 0 Å². The summed E-state index contributed by atoms with van der Waals surface area (Å²) in [6, 6.07) is 21.9. The molecule has 37 heavy (non-hydrogen) atoms. The minimum absolute atomic E-state index is 0.0240. The zero-order valence-electron chi connectivity index (χ0n) is 20.8. The number of hydrogen-bond donors (Lipinski definition) is 2. The normalized spacial score (nSPS) is 15.5. The summed E-state index contributed by atoms with van der Waals surface area (Å²) in [4.78, 5) is 41.0.